The maximum atomic E-state index is 12.2. The summed E-state index contributed by atoms with van der Waals surface area (Å²) in [6.07, 6.45) is 3.62. The van der Waals surface area contributed by atoms with Crippen molar-refractivity contribution in [1.29, 1.82) is 0 Å². The van der Waals surface area contributed by atoms with Gasteiger partial charge in [-0.05, 0) is 13.8 Å². The van der Waals surface area contributed by atoms with Gasteiger partial charge in [0.15, 0.2) is 4.96 Å². The Balaban J connectivity index is 2.18. The second-order valence-corrected chi connectivity index (χ2v) is 5.64. The fraction of sp³-hybridized carbons (Fsp3) is 0.417. The molecule has 2 aromatic heterocycles. The highest BCUT2D eigenvalue weighted by molar-refractivity contribution is 7.15. The minimum atomic E-state index is -1.22. The molecular weight excluding hydrogens is 266 g/mol. The van der Waals surface area contributed by atoms with E-state index in [1.165, 1.54) is 37.1 Å². The van der Waals surface area contributed by atoms with E-state index in [4.69, 9.17) is 5.11 Å². The lowest BCUT2D eigenvalue weighted by atomic mass is 10.0. The number of hydrogen-bond donors (Lipinski definition) is 1. The van der Waals surface area contributed by atoms with Crippen LogP contribution in [0.4, 0.5) is 0 Å². The number of nitrogens with zero attached hydrogens (tertiary/aromatic N) is 3. The van der Waals surface area contributed by atoms with Gasteiger partial charge in [0.2, 0.25) is 5.91 Å². The molecule has 0 saturated carbocycles. The molecule has 7 heteroatoms. The second-order valence-electron chi connectivity index (χ2n) is 4.80. The summed E-state index contributed by atoms with van der Waals surface area (Å²) in [6.45, 7) is 3.02. The van der Waals surface area contributed by atoms with Crippen molar-refractivity contribution in [2.24, 2.45) is 0 Å². The minimum absolute atomic E-state index is 0.156. The Morgan fingerprint density at radius 1 is 1.53 bits per heavy atom. The highest BCUT2D eigenvalue weighted by Crippen LogP contribution is 2.18. The number of rotatable bonds is 4. The number of aliphatic carboxylic acids is 1. The molecule has 2 heterocycles. The first-order chi connectivity index (χ1) is 8.84. The third-order valence-corrected chi connectivity index (χ3v) is 4.19. The molecule has 2 rings (SSSR count). The van der Waals surface area contributed by atoms with Gasteiger partial charge in [-0.2, -0.15) is 0 Å². The average Bonchev–Trinajstić information content (AvgIpc) is 2.92. The summed E-state index contributed by atoms with van der Waals surface area (Å²) >= 11 is 1.45. The Hall–Kier alpha value is -1.89. The van der Waals surface area contributed by atoms with Gasteiger partial charge in [0, 0.05) is 30.5 Å². The molecule has 1 N–H and O–H groups in total. The van der Waals surface area contributed by atoms with Crippen LogP contribution in [0, 0.1) is 0 Å². The van der Waals surface area contributed by atoms with E-state index < -0.39 is 11.5 Å². The first-order valence-electron chi connectivity index (χ1n) is 5.73. The highest BCUT2D eigenvalue weighted by Gasteiger charge is 2.35. The molecule has 0 aromatic carbocycles. The molecule has 0 spiro atoms. The van der Waals surface area contributed by atoms with Crippen molar-refractivity contribution < 1.29 is 14.7 Å². The van der Waals surface area contributed by atoms with Crippen LogP contribution in [0.1, 0.15) is 19.5 Å². The first kappa shape index (κ1) is 13.5. The maximum absolute atomic E-state index is 12.2. The predicted molar refractivity (Wildman–Crippen MR) is 71.3 cm³/mol. The van der Waals surface area contributed by atoms with Gasteiger partial charge in [0.05, 0.1) is 6.42 Å². The molecule has 0 saturated heterocycles. The molecule has 0 atom stereocenters. The van der Waals surface area contributed by atoms with Crippen molar-refractivity contribution in [3.05, 3.63) is 23.5 Å². The fourth-order valence-corrected chi connectivity index (χ4v) is 2.48. The van der Waals surface area contributed by atoms with Crippen LogP contribution in [0.15, 0.2) is 17.8 Å². The van der Waals surface area contributed by atoms with Crippen LogP contribution in [0.3, 0.4) is 0 Å². The van der Waals surface area contributed by atoms with E-state index in [1.54, 1.807) is 12.4 Å². The monoisotopic (exact) mass is 281 g/mol. The van der Waals surface area contributed by atoms with Gasteiger partial charge in [-0.3, -0.25) is 9.20 Å². The smallest absolute Gasteiger partial charge is 0.329 e. The van der Waals surface area contributed by atoms with Gasteiger partial charge in [-0.25, -0.2) is 9.78 Å². The third kappa shape index (κ3) is 2.33. The van der Waals surface area contributed by atoms with E-state index in [1.807, 2.05) is 9.78 Å². The summed E-state index contributed by atoms with van der Waals surface area (Å²) in [7, 11) is 1.51. The van der Waals surface area contributed by atoms with E-state index in [2.05, 4.69) is 4.98 Å². The van der Waals surface area contributed by atoms with Crippen molar-refractivity contribution in [2.75, 3.05) is 7.05 Å². The van der Waals surface area contributed by atoms with Gasteiger partial charge < -0.3 is 10.0 Å². The lowest BCUT2D eigenvalue weighted by Crippen LogP contribution is -2.51. The fourth-order valence-electron chi connectivity index (χ4n) is 1.63. The van der Waals surface area contributed by atoms with Crippen LogP contribution in [-0.4, -0.2) is 43.9 Å². The van der Waals surface area contributed by atoms with Crippen molar-refractivity contribution in [1.82, 2.24) is 14.3 Å². The number of thiazole rings is 1. The Labute approximate surface area is 114 Å². The largest absolute Gasteiger partial charge is 0.480 e. The van der Waals surface area contributed by atoms with Crippen LogP contribution in [-0.2, 0) is 16.0 Å². The van der Waals surface area contributed by atoms with Crippen LogP contribution < -0.4 is 0 Å². The van der Waals surface area contributed by atoms with Gasteiger partial charge in [0.1, 0.15) is 5.54 Å². The molecule has 0 aliphatic carbocycles. The number of imidazole rings is 1. The van der Waals surface area contributed by atoms with Crippen molar-refractivity contribution in [3.8, 4) is 0 Å². The van der Waals surface area contributed by atoms with E-state index in [0.717, 1.165) is 10.7 Å². The summed E-state index contributed by atoms with van der Waals surface area (Å²) in [6, 6.07) is 0. The second kappa shape index (κ2) is 4.65. The molecule has 6 nitrogen and oxygen atoms in total. The van der Waals surface area contributed by atoms with Crippen molar-refractivity contribution in [2.45, 2.75) is 25.8 Å². The van der Waals surface area contributed by atoms with Gasteiger partial charge in [0.25, 0.3) is 0 Å². The Bertz CT molecular complexity index is 629. The van der Waals surface area contributed by atoms with Crippen molar-refractivity contribution >= 4 is 28.2 Å². The number of aromatic nitrogens is 2. The molecule has 0 aliphatic rings. The molecule has 0 aliphatic heterocycles. The minimum Gasteiger partial charge on any atom is -0.480 e. The van der Waals surface area contributed by atoms with E-state index in [0.29, 0.717) is 0 Å². The number of fused-ring (bicyclic) bond motifs is 1. The molecular formula is C12H15N3O3S. The molecule has 0 fully saturated rings. The molecule has 0 radical (unpaired) electrons. The summed E-state index contributed by atoms with van der Waals surface area (Å²) in [4.78, 5) is 29.5. The summed E-state index contributed by atoms with van der Waals surface area (Å²) in [5, 5.41) is 11.0. The lowest BCUT2D eigenvalue weighted by molar-refractivity contribution is -0.155. The SMILES string of the molecule is CN(C(=O)Cc1csc2nccn12)C(C)(C)C(=O)O. The zero-order valence-corrected chi connectivity index (χ0v) is 11.8. The lowest BCUT2D eigenvalue weighted by Gasteiger charge is -2.31. The number of carbonyl (C=O) groups is 2. The number of likely N-dealkylation sites (N-methyl/N-ethyl adjacent to an activating group) is 1. The van der Waals surface area contributed by atoms with Crippen LogP contribution in [0.2, 0.25) is 0 Å². The van der Waals surface area contributed by atoms with Crippen LogP contribution >= 0.6 is 11.3 Å². The number of carboxylic acid groups (broad SMARTS) is 1. The zero-order chi connectivity index (χ0) is 14.2. The van der Waals surface area contributed by atoms with Gasteiger partial charge >= 0.3 is 5.97 Å². The Kier molecular flexibility index (Phi) is 3.32. The third-order valence-electron chi connectivity index (χ3n) is 3.28. The van der Waals surface area contributed by atoms with Crippen LogP contribution in [0.25, 0.3) is 4.96 Å². The molecule has 0 bridgehead atoms. The predicted octanol–water partition coefficient (Wildman–Crippen LogP) is 1.26. The van der Waals surface area contributed by atoms with Crippen molar-refractivity contribution in [3.63, 3.8) is 0 Å². The maximum Gasteiger partial charge on any atom is 0.329 e. The van der Waals surface area contributed by atoms with Gasteiger partial charge in [-0.1, -0.05) is 0 Å². The molecule has 1 amide bonds. The highest BCUT2D eigenvalue weighted by atomic mass is 32.1. The summed E-state index contributed by atoms with van der Waals surface area (Å²) in [5.74, 6) is -1.26. The van der Waals surface area contributed by atoms with E-state index in [9.17, 15) is 9.59 Å². The Morgan fingerprint density at radius 2 is 2.21 bits per heavy atom. The van der Waals surface area contributed by atoms with E-state index in [-0.39, 0.29) is 12.3 Å². The molecule has 102 valence electrons. The van der Waals surface area contributed by atoms with Gasteiger partial charge in [-0.15, -0.1) is 11.3 Å². The zero-order valence-electron chi connectivity index (χ0n) is 11.0. The Morgan fingerprint density at radius 3 is 2.84 bits per heavy atom. The summed E-state index contributed by atoms with van der Waals surface area (Å²) < 4.78 is 1.84. The topological polar surface area (TPSA) is 74.9 Å². The quantitative estimate of drug-likeness (QED) is 0.915. The number of carbonyl (C=O) groups excluding carboxylic acids is 1. The normalized spacial score (nSPS) is 11.7. The number of amides is 1. The number of carboxylic acids is 1. The standard InChI is InChI=1S/C12H15N3O3S/c1-12(2,10(17)18)14(3)9(16)6-8-7-19-11-13-4-5-15(8)11/h4-5,7H,6H2,1-3H3,(H,17,18). The molecule has 19 heavy (non-hydrogen) atoms. The average molecular weight is 281 g/mol. The van der Waals surface area contributed by atoms with E-state index >= 15 is 0 Å². The first-order valence-corrected chi connectivity index (χ1v) is 6.61. The number of hydrogen-bond acceptors (Lipinski definition) is 4. The molecule has 0 unspecified atom stereocenters. The van der Waals surface area contributed by atoms with Crippen LogP contribution in [0.5, 0.6) is 0 Å². The summed E-state index contributed by atoms with van der Waals surface area (Å²) in [5.41, 5.74) is -0.406. The molecule has 2 aromatic rings.